The van der Waals surface area contributed by atoms with Gasteiger partial charge in [-0.3, -0.25) is 9.69 Å². The molecule has 0 aliphatic rings. The Morgan fingerprint density at radius 1 is 1.04 bits per heavy atom. The highest BCUT2D eigenvalue weighted by atomic mass is 16.4. The van der Waals surface area contributed by atoms with Crippen LogP contribution in [0.1, 0.15) is 17.2 Å². The Kier molecular flexibility index (Phi) is 5.46. The summed E-state index contributed by atoms with van der Waals surface area (Å²) in [6, 6.07) is 15.3. The molecule has 0 bridgehead atoms. The first-order chi connectivity index (χ1) is 11.1. The van der Waals surface area contributed by atoms with E-state index in [4.69, 9.17) is 0 Å². The summed E-state index contributed by atoms with van der Waals surface area (Å²) in [6.45, 7) is 0.0668. The van der Waals surface area contributed by atoms with Gasteiger partial charge in [0, 0.05) is 0 Å². The van der Waals surface area contributed by atoms with Gasteiger partial charge in [0.1, 0.15) is 0 Å². The molecule has 2 aromatic carbocycles. The van der Waals surface area contributed by atoms with Crippen LogP contribution in [0.3, 0.4) is 0 Å². The van der Waals surface area contributed by atoms with Gasteiger partial charge in [-0.25, -0.2) is 9.59 Å². The molecule has 2 N–H and O–H groups in total. The fourth-order valence-corrected chi connectivity index (χ4v) is 2.08. The molecule has 23 heavy (non-hydrogen) atoms. The molecule has 0 saturated heterocycles. The molecule has 6 nitrogen and oxygen atoms in total. The van der Waals surface area contributed by atoms with E-state index in [1.54, 1.807) is 54.6 Å². The Bertz CT molecular complexity index is 674. The monoisotopic (exact) mass is 312 g/mol. The number of benzene rings is 2. The summed E-state index contributed by atoms with van der Waals surface area (Å²) in [5.41, 5.74) is 1.19. The van der Waals surface area contributed by atoms with E-state index in [9.17, 15) is 19.5 Å². The highest BCUT2D eigenvalue weighted by molar-refractivity contribution is 5.88. The van der Waals surface area contributed by atoms with Crippen LogP contribution < -0.4 is 5.32 Å². The quantitative estimate of drug-likeness (QED) is 0.800. The molecule has 3 amide bonds. The van der Waals surface area contributed by atoms with Crippen molar-refractivity contribution in [1.29, 1.82) is 0 Å². The summed E-state index contributed by atoms with van der Waals surface area (Å²) in [5, 5.41) is 11.7. The Labute approximate surface area is 133 Å². The zero-order chi connectivity index (χ0) is 16.7. The van der Waals surface area contributed by atoms with Gasteiger partial charge in [0.15, 0.2) is 6.04 Å². The smallest absolute Gasteiger partial charge is 0.330 e. The number of hydrogen-bond acceptors (Lipinski definition) is 3. The minimum absolute atomic E-state index is 0.0668. The van der Waals surface area contributed by atoms with Crippen molar-refractivity contribution in [3.05, 3.63) is 71.8 Å². The second kappa shape index (κ2) is 7.74. The van der Waals surface area contributed by atoms with Gasteiger partial charge >= 0.3 is 12.0 Å². The molecule has 1 atom stereocenters. The van der Waals surface area contributed by atoms with E-state index in [1.165, 1.54) is 0 Å². The Morgan fingerprint density at radius 2 is 1.61 bits per heavy atom. The van der Waals surface area contributed by atoms with Crippen molar-refractivity contribution in [3.63, 3.8) is 0 Å². The third-order valence-electron chi connectivity index (χ3n) is 3.23. The molecular formula is C17H16N2O4. The minimum Gasteiger partial charge on any atom is -0.479 e. The molecule has 0 fully saturated rings. The molecule has 0 aliphatic heterocycles. The predicted molar refractivity (Wildman–Crippen MR) is 83.4 cm³/mol. The van der Waals surface area contributed by atoms with Crippen LogP contribution in [0.4, 0.5) is 4.79 Å². The fraction of sp³-hybridized carbons (Fsp3) is 0.118. The SMILES string of the molecule is O=CN(Cc1ccccc1)C(=O)NC(C(=O)O)c1ccccc1. The summed E-state index contributed by atoms with van der Waals surface area (Å²) in [5.74, 6) is -1.20. The van der Waals surface area contributed by atoms with E-state index >= 15 is 0 Å². The number of carboxylic acids is 1. The average molecular weight is 312 g/mol. The summed E-state index contributed by atoms with van der Waals surface area (Å²) >= 11 is 0. The number of amides is 3. The fourth-order valence-electron chi connectivity index (χ4n) is 2.08. The second-order valence-corrected chi connectivity index (χ2v) is 4.85. The number of nitrogens with zero attached hydrogens (tertiary/aromatic N) is 1. The lowest BCUT2D eigenvalue weighted by molar-refractivity contribution is -0.139. The lowest BCUT2D eigenvalue weighted by Gasteiger charge is -2.20. The summed E-state index contributed by atoms with van der Waals surface area (Å²) < 4.78 is 0. The van der Waals surface area contributed by atoms with Crippen LogP contribution in [0.5, 0.6) is 0 Å². The molecular weight excluding hydrogens is 296 g/mol. The molecule has 0 spiro atoms. The predicted octanol–water partition coefficient (Wildman–Crippen LogP) is 2.18. The van der Waals surface area contributed by atoms with Crippen LogP contribution in [-0.2, 0) is 16.1 Å². The molecule has 6 heteroatoms. The topological polar surface area (TPSA) is 86.7 Å². The van der Waals surface area contributed by atoms with Crippen LogP contribution >= 0.6 is 0 Å². The van der Waals surface area contributed by atoms with Gasteiger partial charge in [-0.2, -0.15) is 0 Å². The lowest BCUT2D eigenvalue weighted by Crippen LogP contribution is -2.42. The largest absolute Gasteiger partial charge is 0.479 e. The third kappa shape index (κ3) is 4.41. The molecule has 0 heterocycles. The number of nitrogens with one attached hydrogen (secondary N) is 1. The van der Waals surface area contributed by atoms with E-state index in [0.717, 1.165) is 10.5 Å². The summed E-state index contributed by atoms with van der Waals surface area (Å²) in [4.78, 5) is 35.6. The summed E-state index contributed by atoms with van der Waals surface area (Å²) in [6.07, 6.45) is 0.381. The number of carboxylic acid groups (broad SMARTS) is 1. The van der Waals surface area contributed by atoms with E-state index in [-0.39, 0.29) is 6.54 Å². The number of carbonyl (C=O) groups excluding carboxylic acids is 2. The van der Waals surface area contributed by atoms with Gasteiger partial charge < -0.3 is 10.4 Å². The third-order valence-corrected chi connectivity index (χ3v) is 3.23. The van der Waals surface area contributed by atoms with Crippen molar-refractivity contribution >= 4 is 18.4 Å². The number of aliphatic carboxylic acids is 1. The van der Waals surface area contributed by atoms with Crippen LogP contribution in [-0.4, -0.2) is 28.4 Å². The van der Waals surface area contributed by atoms with Gasteiger partial charge in [0.25, 0.3) is 0 Å². The molecule has 118 valence electrons. The van der Waals surface area contributed by atoms with E-state index in [0.29, 0.717) is 12.0 Å². The van der Waals surface area contributed by atoms with Crippen LogP contribution in [0, 0.1) is 0 Å². The van der Waals surface area contributed by atoms with E-state index < -0.39 is 18.0 Å². The molecule has 2 rings (SSSR count). The number of hydrogen-bond donors (Lipinski definition) is 2. The van der Waals surface area contributed by atoms with Crippen molar-refractivity contribution in [2.75, 3.05) is 0 Å². The van der Waals surface area contributed by atoms with Crippen molar-refractivity contribution in [3.8, 4) is 0 Å². The maximum atomic E-state index is 12.2. The highest BCUT2D eigenvalue weighted by Crippen LogP contribution is 2.13. The van der Waals surface area contributed by atoms with Crippen molar-refractivity contribution in [2.45, 2.75) is 12.6 Å². The van der Waals surface area contributed by atoms with Crippen molar-refractivity contribution in [1.82, 2.24) is 10.2 Å². The Balaban J connectivity index is 2.11. The Hall–Kier alpha value is -3.15. The van der Waals surface area contributed by atoms with Gasteiger partial charge in [0.2, 0.25) is 6.41 Å². The zero-order valence-electron chi connectivity index (χ0n) is 12.3. The maximum absolute atomic E-state index is 12.2. The van der Waals surface area contributed by atoms with Gasteiger partial charge in [-0.05, 0) is 11.1 Å². The standard InChI is InChI=1S/C17H16N2O4/c20-12-19(11-13-7-3-1-4-8-13)17(23)18-15(16(21)22)14-9-5-2-6-10-14/h1-10,12,15H,11H2,(H,18,23)(H,21,22). The number of urea groups is 1. The molecule has 0 radical (unpaired) electrons. The van der Waals surface area contributed by atoms with Crippen LogP contribution in [0.15, 0.2) is 60.7 Å². The van der Waals surface area contributed by atoms with Crippen molar-refractivity contribution < 1.29 is 19.5 Å². The maximum Gasteiger partial charge on any atom is 0.330 e. The van der Waals surface area contributed by atoms with E-state index in [1.807, 2.05) is 6.07 Å². The van der Waals surface area contributed by atoms with Crippen molar-refractivity contribution in [2.24, 2.45) is 0 Å². The normalized spacial score (nSPS) is 11.3. The number of carbonyl (C=O) groups is 3. The highest BCUT2D eigenvalue weighted by Gasteiger charge is 2.24. The first-order valence-electron chi connectivity index (χ1n) is 6.96. The minimum atomic E-state index is -1.22. The first-order valence-corrected chi connectivity index (χ1v) is 6.96. The number of rotatable bonds is 6. The van der Waals surface area contributed by atoms with Gasteiger partial charge in [0.05, 0.1) is 6.54 Å². The first kappa shape index (κ1) is 16.2. The molecule has 0 aromatic heterocycles. The second-order valence-electron chi connectivity index (χ2n) is 4.85. The molecule has 0 saturated carbocycles. The van der Waals surface area contributed by atoms with Gasteiger partial charge in [-0.1, -0.05) is 60.7 Å². The molecule has 2 aromatic rings. The lowest BCUT2D eigenvalue weighted by atomic mass is 10.1. The summed E-state index contributed by atoms with van der Waals surface area (Å²) in [7, 11) is 0. The molecule has 0 aliphatic carbocycles. The van der Waals surface area contributed by atoms with Gasteiger partial charge in [-0.15, -0.1) is 0 Å². The Morgan fingerprint density at radius 3 is 2.13 bits per heavy atom. The molecule has 1 unspecified atom stereocenters. The van der Waals surface area contributed by atoms with Crippen LogP contribution in [0.25, 0.3) is 0 Å². The van der Waals surface area contributed by atoms with E-state index in [2.05, 4.69) is 5.32 Å². The average Bonchev–Trinajstić information content (AvgIpc) is 2.58. The zero-order valence-corrected chi connectivity index (χ0v) is 12.3. The van der Waals surface area contributed by atoms with Crippen LogP contribution in [0.2, 0.25) is 0 Å². The number of imide groups is 1.